The van der Waals surface area contributed by atoms with E-state index in [1.165, 1.54) is 13.8 Å². The number of nitrogens with zero attached hydrogens (tertiary/aromatic N) is 2. The van der Waals surface area contributed by atoms with Crippen molar-refractivity contribution in [3.63, 3.8) is 0 Å². The first-order chi connectivity index (χ1) is 20.2. The molecule has 8 heteroatoms. The van der Waals surface area contributed by atoms with E-state index in [1.54, 1.807) is 36.4 Å². The van der Waals surface area contributed by atoms with Crippen molar-refractivity contribution in [1.29, 1.82) is 0 Å². The Labute approximate surface area is 245 Å². The number of Topliss-reactive ketones (excluding diaryl/α,β-unsaturated/α-hetero) is 1. The van der Waals surface area contributed by atoms with Crippen LogP contribution in [0.15, 0.2) is 65.8 Å². The van der Waals surface area contributed by atoms with Crippen molar-refractivity contribution in [2.45, 2.75) is 72.8 Å². The summed E-state index contributed by atoms with van der Waals surface area (Å²) in [5.41, 5.74) is 3.51. The lowest BCUT2D eigenvalue weighted by molar-refractivity contribution is -0.141. The summed E-state index contributed by atoms with van der Waals surface area (Å²) >= 11 is 0. The first-order valence-corrected chi connectivity index (χ1v) is 14.4. The molecule has 0 spiro atoms. The van der Waals surface area contributed by atoms with Gasteiger partial charge in [-0.25, -0.2) is 4.79 Å². The smallest absolute Gasteiger partial charge is 0.331 e. The molecule has 0 aliphatic carbocycles. The molecule has 218 valence electrons. The fourth-order valence-corrected chi connectivity index (χ4v) is 5.12. The molecule has 8 nitrogen and oxygen atoms in total. The zero-order valence-corrected chi connectivity index (χ0v) is 24.6. The summed E-state index contributed by atoms with van der Waals surface area (Å²) < 4.78 is 7.21. The molecule has 3 aromatic carbocycles. The van der Waals surface area contributed by atoms with Gasteiger partial charge in [-0.3, -0.25) is 14.4 Å². The second kappa shape index (κ2) is 13.9. The van der Waals surface area contributed by atoms with E-state index in [0.717, 1.165) is 53.9 Å². The Morgan fingerprint density at radius 3 is 1.90 bits per heavy atom. The number of ketones is 2. The molecule has 0 aliphatic rings. The molecule has 0 amide bonds. The minimum absolute atomic E-state index is 0.172. The van der Waals surface area contributed by atoms with E-state index in [1.807, 2.05) is 31.2 Å². The molecule has 0 unspecified atom stereocenters. The maximum absolute atomic E-state index is 13.6. The van der Waals surface area contributed by atoms with Crippen LogP contribution in [0.4, 0.5) is 0 Å². The largest absolute Gasteiger partial charge is 0.427 e. The summed E-state index contributed by atoms with van der Waals surface area (Å²) in [7, 11) is 0. The molecule has 42 heavy (non-hydrogen) atoms. The third kappa shape index (κ3) is 7.00. The highest BCUT2D eigenvalue weighted by Gasteiger charge is 2.19. The summed E-state index contributed by atoms with van der Waals surface area (Å²) in [4.78, 5) is 54.5. The first kappa shape index (κ1) is 30.4. The van der Waals surface area contributed by atoms with E-state index in [-0.39, 0.29) is 17.3 Å². The van der Waals surface area contributed by atoms with E-state index in [0.29, 0.717) is 35.4 Å². The van der Waals surface area contributed by atoms with Crippen LogP contribution >= 0.6 is 0 Å². The van der Waals surface area contributed by atoms with Crippen molar-refractivity contribution in [2.75, 3.05) is 0 Å². The zero-order valence-electron chi connectivity index (χ0n) is 24.6. The van der Waals surface area contributed by atoms with Gasteiger partial charge in [0.2, 0.25) is 5.78 Å². The molecule has 0 bridgehead atoms. The van der Waals surface area contributed by atoms with Crippen molar-refractivity contribution >= 4 is 51.0 Å². The average Bonchev–Trinajstić information content (AvgIpc) is 3.30. The number of esters is 1. The summed E-state index contributed by atoms with van der Waals surface area (Å²) in [5.74, 6) is -1.09. The molecule has 1 heterocycles. The van der Waals surface area contributed by atoms with Crippen LogP contribution in [0.5, 0.6) is 5.75 Å². The molecular weight excluding hydrogens is 532 g/mol. The number of fused-ring (bicyclic) bond motifs is 3. The van der Waals surface area contributed by atoms with E-state index in [4.69, 9.17) is 9.57 Å². The van der Waals surface area contributed by atoms with Crippen LogP contribution in [0, 0.1) is 0 Å². The van der Waals surface area contributed by atoms with Crippen molar-refractivity contribution in [1.82, 2.24) is 4.57 Å². The van der Waals surface area contributed by atoms with Gasteiger partial charge in [0.15, 0.2) is 5.78 Å². The zero-order chi connectivity index (χ0) is 30.2. The van der Waals surface area contributed by atoms with Crippen molar-refractivity contribution < 1.29 is 28.8 Å². The number of benzene rings is 3. The Hall–Kier alpha value is -4.59. The molecule has 0 radical (unpaired) electrons. The van der Waals surface area contributed by atoms with Gasteiger partial charge in [0.25, 0.3) is 0 Å². The SMILES string of the molecule is CCCCCCC/C(=N\OC(C)=O)C(=O)c1ccc2c(c1)c1cc(C(=O)c3ccc(OC(C)=O)cc3)ccc1n2CC. The van der Waals surface area contributed by atoms with Crippen molar-refractivity contribution in [3.05, 3.63) is 77.4 Å². The van der Waals surface area contributed by atoms with E-state index in [2.05, 4.69) is 16.6 Å². The fourth-order valence-electron chi connectivity index (χ4n) is 5.12. The van der Waals surface area contributed by atoms with Gasteiger partial charge in [-0.05, 0) is 80.4 Å². The lowest BCUT2D eigenvalue weighted by Gasteiger charge is -2.07. The lowest BCUT2D eigenvalue weighted by Crippen LogP contribution is -2.16. The Kier molecular flexibility index (Phi) is 10.0. The van der Waals surface area contributed by atoms with E-state index in [9.17, 15) is 19.2 Å². The second-order valence-corrected chi connectivity index (χ2v) is 10.3. The van der Waals surface area contributed by atoms with Gasteiger partial charge >= 0.3 is 11.9 Å². The summed E-state index contributed by atoms with van der Waals surface area (Å²) in [6.45, 7) is 7.47. The first-order valence-electron chi connectivity index (χ1n) is 14.4. The number of ether oxygens (including phenoxy) is 1. The highest BCUT2D eigenvalue weighted by molar-refractivity contribution is 6.46. The van der Waals surface area contributed by atoms with Crippen LogP contribution in [-0.4, -0.2) is 33.8 Å². The molecule has 0 saturated heterocycles. The van der Waals surface area contributed by atoms with Gasteiger partial charge in [-0.15, -0.1) is 0 Å². The third-order valence-corrected chi connectivity index (χ3v) is 7.15. The number of unbranched alkanes of at least 4 members (excludes halogenated alkanes) is 4. The van der Waals surface area contributed by atoms with Gasteiger partial charge < -0.3 is 14.1 Å². The van der Waals surface area contributed by atoms with Crippen LogP contribution in [0.2, 0.25) is 0 Å². The number of rotatable bonds is 13. The van der Waals surface area contributed by atoms with Crippen LogP contribution in [0.1, 0.15) is 92.5 Å². The van der Waals surface area contributed by atoms with E-state index < -0.39 is 11.9 Å². The molecule has 0 saturated carbocycles. The number of aromatic nitrogens is 1. The van der Waals surface area contributed by atoms with Gasteiger partial charge in [0.1, 0.15) is 11.5 Å². The molecule has 0 aliphatic heterocycles. The second-order valence-electron chi connectivity index (χ2n) is 10.3. The van der Waals surface area contributed by atoms with Crippen LogP contribution in [0.3, 0.4) is 0 Å². The monoisotopic (exact) mass is 568 g/mol. The van der Waals surface area contributed by atoms with Crippen molar-refractivity contribution in [3.8, 4) is 5.75 Å². The van der Waals surface area contributed by atoms with Crippen LogP contribution in [-0.2, 0) is 21.0 Å². The summed E-state index contributed by atoms with van der Waals surface area (Å²) in [5, 5.41) is 5.60. The quantitative estimate of drug-likeness (QED) is 0.0316. The summed E-state index contributed by atoms with van der Waals surface area (Å²) in [6, 6.07) is 17.5. The number of oxime groups is 1. The third-order valence-electron chi connectivity index (χ3n) is 7.15. The molecule has 0 fully saturated rings. The Morgan fingerprint density at radius 1 is 0.714 bits per heavy atom. The molecule has 0 atom stereocenters. The molecular formula is C34H36N2O6. The van der Waals surface area contributed by atoms with Crippen LogP contribution < -0.4 is 4.74 Å². The highest BCUT2D eigenvalue weighted by atomic mass is 16.7. The number of aryl methyl sites for hydroxylation is 1. The summed E-state index contributed by atoms with van der Waals surface area (Å²) in [6.07, 6.45) is 5.48. The lowest BCUT2D eigenvalue weighted by atomic mass is 9.98. The normalized spacial score (nSPS) is 11.6. The maximum atomic E-state index is 13.6. The Bertz CT molecular complexity index is 1660. The minimum atomic E-state index is -0.578. The van der Waals surface area contributed by atoms with Gasteiger partial charge in [-0.2, -0.15) is 0 Å². The Balaban J connectivity index is 1.70. The van der Waals surface area contributed by atoms with Gasteiger partial charge in [-0.1, -0.05) is 37.8 Å². The number of hydrogen-bond donors (Lipinski definition) is 0. The van der Waals surface area contributed by atoms with Gasteiger partial charge in [0.05, 0.1) is 0 Å². The molecule has 4 aromatic rings. The topological polar surface area (TPSA) is 104 Å². The number of hydrogen-bond acceptors (Lipinski definition) is 7. The molecule has 4 rings (SSSR count). The molecule has 0 N–H and O–H groups in total. The van der Waals surface area contributed by atoms with Gasteiger partial charge in [0, 0.05) is 58.9 Å². The van der Waals surface area contributed by atoms with Crippen molar-refractivity contribution in [2.24, 2.45) is 5.16 Å². The minimum Gasteiger partial charge on any atom is -0.427 e. The fraction of sp³-hybridized carbons (Fsp3) is 0.324. The average molecular weight is 569 g/mol. The predicted octanol–water partition coefficient (Wildman–Crippen LogP) is 7.43. The maximum Gasteiger partial charge on any atom is 0.331 e. The Morgan fingerprint density at radius 2 is 1.31 bits per heavy atom. The number of carbonyl (C=O) groups excluding carboxylic acids is 4. The standard InChI is InChI=1S/C34H36N2O6/c1-5-7-8-9-10-11-30(35-42-23(4)38)34(40)26-15-19-32-29(21-26)28-20-25(14-18-31(28)36(32)6-2)33(39)24-12-16-27(17-13-24)41-22(3)37/h12-21H,5-11H2,1-4H3/b35-30+. The van der Waals surface area contributed by atoms with E-state index >= 15 is 0 Å². The molecule has 1 aromatic heterocycles. The highest BCUT2D eigenvalue weighted by Crippen LogP contribution is 2.32. The number of carbonyl (C=O) groups is 4. The predicted molar refractivity (Wildman–Crippen MR) is 163 cm³/mol. The van der Waals surface area contributed by atoms with Crippen LogP contribution in [0.25, 0.3) is 21.8 Å².